The van der Waals surface area contributed by atoms with Crippen molar-refractivity contribution in [2.45, 2.75) is 38.7 Å². The summed E-state index contributed by atoms with van der Waals surface area (Å²) < 4.78 is 17.7. The monoisotopic (exact) mass is 440 g/mol. The Balaban J connectivity index is 1.75. The number of carbonyl (C=O) groups is 1. The molecule has 2 aromatic carbocycles. The third-order valence-corrected chi connectivity index (χ3v) is 6.62. The lowest BCUT2D eigenvalue weighted by atomic mass is 10.0. The van der Waals surface area contributed by atoms with E-state index in [0.717, 1.165) is 29.7 Å². The second-order valence-corrected chi connectivity index (χ2v) is 8.97. The highest BCUT2D eigenvalue weighted by Crippen LogP contribution is 2.35. The lowest BCUT2D eigenvalue weighted by molar-refractivity contribution is 0.0917. The minimum atomic E-state index is -0.124. The molecule has 2 heterocycles. The number of para-hydroxylation sites is 1. The number of rotatable bonds is 7. The summed E-state index contributed by atoms with van der Waals surface area (Å²) in [5.74, 6) is 1.34. The molecule has 0 spiro atoms. The summed E-state index contributed by atoms with van der Waals surface area (Å²) in [5, 5.41) is 0.693. The number of thiazole rings is 1. The minimum absolute atomic E-state index is 0.0145. The SMILES string of the molecule is COc1ccc(C(=O)N(CC2CCCO2)c2nc3c(C(C)C)cccc3s2)cc1OC. The number of aromatic nitrogens is 1. The zero-order valence-electron chi connectivity index (χ0n) is 18.4. The number of ether oxygens (including phenoxy) is 3. The van der Waals surface area contributed by atoms with Crippen LogP contribution >= 0.6 is 11.3 Å². The van der Waals surface area contributed by atoms with E-state index in [1.54, 1.807) is 48.7 Å². The van der Waals surface area contributed by atoms with Crippen molar-refractivity contribution in [2.75, 3.05) is 32.3 Å². The molecule has 1 atom stereocenters. The lowest BCUT2D eigenvalue weighted by Crippen LogP contribution is -2.37. The smallest absolute Gasteiger partial charge is 0.260 e. The average molecular weight is 441 g/mol. The first kappa shape index (κ1) is 21.6. The highest BCUT2D eigenvalue weighted by atomic mass is 32.1. The molecule has 0 N–H and O–H groups in total. The minimum Gasteiger partial charge on any atom is -0.493 e. The Kier molecular flexibility index (Phi) is 6.43. The molecule has 0 bridgehead atoms. The number of benzene rings is 2. The van der Waals surface area contributed by atoms with E-state index in [2.05, 4.69) is 32.0 Å². The largest absolute Gasteiger partial charge is 0.493 e. The van der Waals surface area contributed by atoms with Gasteiger partial charge in [-0.3, -0.25) is 9.69 Å². The van der Waals surface area contributed by atoms with E-state index in [9.17, 15) is 4.79 Å². The summed E-state index contributed by atoms with van der Waals surface area (Å²) in [5.41, 5.74) is 2.68. The third-order valence-electron chi connectivity index (χ3n) is 5.58. The number of carbonyl (C=O) groups excluding carboxylic acids is 1. The summed E-state index contributed by atoms with van der Waals surface area (Å²) in [6, 6.07) is 11.5. The first-order chi connectivity index (χ1) is 15.0. The highest BCUT2D eigenvalue weighted by Gasteiger charge is 2.28. The summed E-state index contributed by atoms with van der Waals surface area (Å²) in [4.78, 5) is 20.3. The number of hydrogen-bond acceptors (Lipinski definition) is 6. The Morgan fingerprint density at radius 2 is 2.03 bits per heavy atom. The van der Waals surface area contributed by atoms with Crippen molar-refractivity contribution in [3.05, 3.63) is 47.5 Å². The van der Waals surface area contributed by atoms with Gasteiger partial charge >= 0.3 is 0 Å². The third kappa shape index (κ3) is 4.38. The standard InChI is InChI=1S/C24H28N2O4S/c1-15(2)18-8-5-9-21-22(18)25-24(31-21)26(14-17-7-6-12-30-17)23(27)16-10-11-19(28-3)20(13-16)29-4/h5,8-11,13,15,17H,6-7,12,14H2,1-4H3. The van der Waals surface area contributed by atoms with E-state index in [0.29, 0.717) is 34.7 Å². The molecule has 0 aliphatic carbocycles. The fourth-order valence-corrected chi connectivity index (χ4v) is 4.91. The van der Waals surface area contributed by atoms with Crippen LogP contribution in [-0.4, -0.2) is 44.4 Å². The molecule has 1 amide bonds. The van der Waals surface area contributed by atoms with Crippen LogP contribution in [-0.2, 0) is 4.74 Å². The van der Waals surface area contributed by atoms with Crippen LogP contribution in [0.3, 0.4) is 0 Å². The summed E-state index contributed by atoms with van der Waals surface area (Å²) in [6.07, 6.45) is 1.97. The lowest BCUT2D eigenvalue weighted by Gasteiger charge is -2.23. The molecule has 1 aliphatic heterocycles. The Morgan fingerprint density at radius 3 is 2.71 bits per heavy atom. The zero-order valence-corrected chi connectivity index (χ0v) is 19.2. The quantitative estimate of drug-likeness (QED) is 0.501. The number of fused-ring (bicyclic) bond motifs is 1. The van der Waals surface area contributed by atoms with Crippen molar-refractivity contribution in [3.8, 4) is 11.5 Å². The van der Waals surface area contributed by atoms with Gasteiger partial charge in [-0.25, -0.2) is 4.98 Å². The zero-order chi connectivity index (χ0) is 22.0. The molecule has 7 heteroatoms. The molecule has 31 heavy (non-hydrogen) atoms. The van der Waals surface area contributed by atoms with Crippen molar-refractivity contribution in [1.82, 2.24) is 4.98 Å². The Labute approximate surface area is 186 Å². The molecule has 1 unspecified atom stereocenters. The first-order valence-corrected chi connectivity index (χ1v) is 11.4. The van der Waals surface area contributed by atoms with Gasteiger partial charge in [-0.05, 0) is 48.6 Å². The van der Waals surface area contributed by atoms with E-state index in [1.165, 1.54) is 5.56 Å². The first-order valence-electron chi connectivity index (χ1n) is 10.6. The second kappa shape index (κ2) is 9.24. The van der Waals surface area contributed by atoms with Crippen LogP contribution in [0.15, 0.2) is 36.4 Å². The van der Waals surface area contributed by atoms with E-state index in [4.69, 9.17) is 19.2 Å². The molecule has 6 nitrogen and oxygen atoms in total. The van der Waals surface area contributed by atoms with E-state index >= 15 is 0 Å². The maximum Gasteiger partial charge on any atom is 0.260 e. The molecule has 3 aromatic rings. The number of nitrogens with zero attached hydrogens (tertiary/aromatic N) is 2. The van der Waals surface area contributed by atoms with Gasteiger partial charge in [-0.15, -0.1) is 0 Å². The van der Waals surface area contributed by atoms with E-state index in [1.807, 2.05) is 0 Å². The van der Waals surface area contributed by atoms with Crippen LogP contribution in [0.25, 0.3) is 10.2 Å². The molecule has 1 aliphatic rings. The van der Waals surface area contributed by atoms with Crippen LogP contribution in [0.4, 0.5) is 5.13 Å². The van der Waals surface area contributed by atoms with Crippen molar-refractivity contribution in [2.24, 2.45) is 0 Å². The molecular formula is C24H28N2O4S. The molecule has 164 valence electrons. The fourth-order valence-electron chi connectivity index (χ4n) is 3.90. The van der Waals surface area contributed by atoms with Crippen molar-refractivity contribution < 1.29 is 19.0 Å². The number of amides is 1. The van der Waals surface area contributed by atoms with Crippen LogP contribution < -0.4 is 14.4 Å². The molecule has 1 aromatic heterocycles. The number of methoxy groups -OCH3 is 2. The van der Waals surface area contributed by atoms with Gasteiger partial charge in [-0.2, -0.15) is 0 Å². The van der Waals surface area contributed by atoms with Crippen molar-refractivity contribution in [3.63, 3.8) is 0 Å². The maximum atomic E-state index is 13.6. The summed E-state index contributed by atoms with van der Waals surface area (Å²) in [7, 11) is 3.15. The van der Waals surface area contributed by atoms with Gasteiger partial charge in [0.05, 0.1) is 37.1 Å². The van der Waals surface area contributed by atoms with Crippen molar-refractivity contribution in [1.29, 1.82) is 0 Å². The van der Waals surface area contributed by atoms with Gasteiger partial charge in [0.25, 0.3) is 5.91 Å². The molecule has 1 saturated heterocycles. The van der Waals surface area contributed by atoms with Crippen LogP contribution in [0, 0.1) is 0 Å². The molecular weight excluding hydrogens is 412 g/mol. The van der Waals surface area contributed by atoms with Crippen LogP contribution in [0.1, 0.15) is 48.5 Å². The Morgan fingerprint density at radius 1 is 1.23 bits per heavy atom. The van der Waals surface area contributed by atoms with Gasteiger partial charge in [0.2, 0.25) is 0 Å². The molecule has 4 rings (SSSR count). The molecule has 0 radical (unpaired) electrons. The molecule has 0 saturated carbocycles. The van der Waals surface area contributed by atoms with Crippen LogP contribution in [0.2, 0.25) is 0 Å². The predicted octanol–water partition coefficient (Wildman–Crippen LogP) is 5.26. The van der Waals surface area contributed by atoms with Gasteiger partial charge in [-0.1, -0.05) is 37.3 Å². The van der Waals surface area contributed by atoms with Gasteiger partial charge < -0.3 is 14.2 Å². The highest BCUT2D eigenvalue weighted by molar-refractivity contribution is 7.22. The van der Waals surface area contributed by atoms with Crippen LogP contribution in [0.5, 0.6) is 11.5 Å². The van der Waals surface area contributed by atoms with Gasteiger partial charge in [0, 0.05) is 12.2 Å². The maximum absolute atomic E-state index is 13.6. The second-order valence-electron chi connectivity index (χ2n) is 7.97. The number of anilines is 1. The topological polar surface area (TPSA) is 60.9 Å². The normalized spacial score (nSPS) is 16.1. The summed E-state index contributed by atoms with van der Waals surface area (Å²) >= 11 is 1.54. The summed E-state index contributed by atoms with van der Waals surface area (Å²) in [6.45, 7) is 5.53. The Hall–Kier alpha value is -2.64. The predicted molar refractivity (Wildman–Crippen MR) is 124 cm³/mol. The van der Waals surface area contributed by atoms with E-state index in [-0.39, 0.29) is 12.0 Å². The Bertz CT molecular complexity index is 1070. The van der Waals surface area contributed by atoms with Gasteiger partial charge in [0.1, 0.15) is 0 Å². The van der Waals surface area contributed by atoms with Gasteiger partial charge in [0.15, 0.2) is 16.6 Å². The fraction of sp³-hybridized carbons (Fsp3) is 0.417. The number of hydrogen-bond donors (Lipinski definition) is 0. The van der Waals surface area contributed by atoms with Crippen molar-refractivity contribution >= 4 is 32.6 Å². The molecule has 1 fully saturated rings. The van der Waals surface area contributed by atoms with E-state index < -0.39 is 0 Å². The average Bonchev–Trinajstić information content (AvgIpc) is 3.45.